The predicted octanol–water partition coefficient (Wildman–Crippen LogP) is 1.61. The van der Waals surface area contributed by atoms with Gasteiger partial charge in [-0.05, 0) is 51.0 Å². The summed E-state index contributed by atoms with van der Waals surface area (Å²) in [6.07, 6.45) is 0.151. The highest BCUT2D eigenvalue weighted by Crippen LogP contribution is 2.15. The molecular formula is C17H26N2O4S. The van der Waals surface area contributed by atoms with E-state index in [0.717, 1.165) is 11.1 Å². The SMILES string of the molecule is Cc1ccc(S(=O)(=O)NCCC(=O)N2C[C@@H](C)O[C@H](C)C2)cc1C. The van der Waals surface area contributed by atoms with E-state index in [1.165, 1.54) is 0 Å². The summed E-state index contributed by atoms with van der Waals surface area (Å²) in [5.41, 5.74) is 1.96. The highest BCUT2D eigenvalue weighted by atomic mass is 32.2. The Balaban J connectivity index is 1.90. The van der Waals surface area contributed by atoms with Gasteiger partial charge >= 0.3 is 0 Å². The molecule has 2 atom stereocenters. The van der Waals surface area contributed by atoms with Crippen LogP contribution in [0.1, 0.15) is 31.4 Å². The van der Waals surface area contributed by atoms with Gasteiger partial charge in [0.1, 0.15) is 0 Å². The fraction of sp³-hybridized carbons (Fsp3) is 0.588. The van der Waals surface area contributed by atoms with Crippen LogP contribution in [0.2, 0.25) is 0 Å². The van der Waals surface area contributed by atoms with Crippen molar-refractivity contribution in [3.8, 4) is 0 Å². The molecule has 0 spiro atoms. The summed E-state index contributed by atoms with van der Waals surface area (Å²) in [6, 6.07) is 5.01. The van der Waals surface area contributed by atoms with Gasteiger partial charge in [-0.1, -0.05) is 6.07 Å². The molecule has 0 bridgehead atoms. The van der Waals surface area contributed by atoms with Crippen molar-refractivity contribution in [3.63, 3.8) is 0 Å². The summed E-state index contributed by atoms with van der Waals surface area (Å²) in [5.74, 6) is -0.0558. The summed E-state index contributed by atoms with van der Waals surface area (Å²) in [7, 11) is -3.59. The van der Waals surface area contributed by atoms with Gasteiger partial charge in [-0.15, -0.1) is 0 Å². The van der Waals surface area contributed by atoms with Crippen LogP contribution >= 0.6 is 0 Å². The lowest BCUT2D eigenvalue weighted by molar-refractivity contribution is -0.143. The van der Waals surface area contributed by atoms with E-state index in [9.17, 15) is 13.2 Å². The van der Waals surface area contributed by atoms with Crippen molar-refractivity contribution in [1.29, 1.82) is 0 Å². The Kier molecular flexibility index (Phi) is 6.01. The summed E-state index contributed by atoms with van der Waals surface area (Å²) in [4.78, 5) is 14.2. The van der Waals surface area contributed by atoms with Gasteiger partial charge in [-0.25, -0.2) is 13.1 Å². The highest BCUT2D eigenvalue weighted by molar-refractivity contribution is 7.89. The molecule has 0 aliphatic carbocycles. The van der Waals surface area contributed by atoms with Crippen LogP contribution in [0.25, 0.3) is 0 Å². The number of hydrogen-bond acceptors (Lipinski definition) is 4. The van der Waals surface area contributed by atoms with Crippen molar-refractivity contribution in [1.82, 2.24) is 9.62 Å². The smallest absolute Gasteiger partial charge is 0.240 e. The molecule has 1 fully saturated rings. The van der Waals surface area contributed by atoms with Crippen molar-refractivity contribution in [3.05, 3.63) is 29.3 Å². The molecule has 1 heterocycles. The number of ether oxygens (including phenoxy) is 1. The molecule has 24 heavy (non-hydrogen) atoms. The van der Waals surface area contributed by atoms with Crippen molar-refractivity contribution in [2.45, 2.75) is 51.2 Å². The average Bonchev–Trinajstić information content (AvgIpc) is 2.48. The van der Waals surface area contributed by atoms with Crippen LogP contribution < -0.4 is 4.72 Å². The second-order valence-corrected chi connectivity index (χ2v) is 8.22. The fourth-order valence-electron chi connectivity index (χ4n) is 2.80. The van der Waals surface area contributed by atoms with Crippen molar-refractivity contribution in [2.75, 3.05) is 19.6 Å². The fourth-order valence-corrected chi connectivity index (χ4v) is 3.91. The maximum atomic E-state index is 12.3. The number of nitrogens with zero attached hydrogens (tertiary/aromatic N) is 1. The molecule has 1 aliphatic rings. The zero-order valence-corrected chi connectivity index (χ0v) is 15.5. The number of hydrogen-bond donors (Lipinski definition) is 1. The number of carbonyl (C=O) groups excluding carboxylic acids is 1. The zero-order valence-electron chi connectivity index (χ0n) is 14.7. The minimum Gasteiger partial charge on any atom is -0.372 e. The molecule has 134 valence electrons. The van der Waals surface area contributed by atoms with Gasteiger partial charge in [0.15, 0.2) is 0 Å². The Labute approximate surface area is 144 Å². The number of amides is 1. The first-order valence-electron chi connectivity index (χ1n) is 8.19. The first-order valence-corrected chi connectivity index (χ1v) is 9.67. The van der Waals surface area contributed by atoms with E-state index in [-0.39, 0.29) is 36.0 Å². The van der Waals surface area contributed by atoms with Gasteiger partial charge in [-0.3, -0.25) is 4.79 Å². The summed E-state index contributed by atoms with van der Waals surface area (Å²) in [5, 5.41) is 0. The second kappa shape index (κ2) is 7.63. The standard InChI is InChI=1S/C17H26N2O4S/c1-12-5-6-16(9-13(12)2)24(21,22)18-8-7-17(20)19-10-14(3)23-15(4)11-19/h5-6,9,14-15,18H,7-8,10-11H2,1-4H3/t14-,15-/m1/s1. The van der Waals surface area contributed by atoms with Crippen LogP contribution in [0.4, 0.5) is 0 Å². The molecule has 1 N–H and O–H groups in total. The van der Waals surface area contributed by atoms with Gasteiger partial charge < -0.3 is 9.64 Å². The summed E-state index contributed by atoms with van der Waals surface area (Å²) < 4.78 is 32.7. The molecule has 1 saturated heterocycles. The quantitative estimate of drug-likeness (QED) is 0.872. The van der Waals surface area contributed by atoms with Crippen LogP contribution in [-0.2, 0) is 19.6 Å². The van der Waals surface area contributed by atoms with Crippen molar-refractivity contribution >= 4 is 15.9 Å². The number of benzene rings is 1. The van der Waals surface area contributed by atoms with Crippen molar-refractivity contribution < 1.29 is 17.9 Å². The largest absolute Gasteiger partial charge is 0.372 e. The molecule has 0 aromatic heterocycles. The number of aryl methyl sites for hydroxylation is 2. The van der Waals surface area contributed by atoms with E-state index in [2.05, 4.69) is 4.72 Å². The molecule has 0 radical (unpaired) electrons. The number of sulfonamides is 1. The van der Waals surface area contributed by atoms with Crippen LogP contribution in [0.15, 0.2) is 23.1 Å². The monoisotopic (exact) mass is 354 g/mol. The van der Waals surface area contributed by atoms with E-state index < -0.39 is 10.0 Å². The molecule has 1 aromatic carbocycles. The van der Waals surface area contributed by atoms with Gasteiger partial charge in [-0.2, -0.15) is 0 Å². The topological polar surface area (TPSA) is 75.7 Å². The predicted molar refractivity (Wildman–Crippen MR) is 92.3 cm³/mol. The van der Waals surface area contributed by atoms with Crippen LogP contribution in [0.3, 0.4) is 0 Å². The lowest BCUT2D eigenvalue weighted by Gasteiger charge is -2.35. The molecule has 6 nitrogen and oxygen atoms in total. The number of morpholine rings is 1. The van der Waals surface area contributed by atoms with Gasteiger partial charge in [0.05, 0.1) is 17.1 Å². The Hall–Kier alpha value is -1.44. The molecular weight excluding hydrogens is 328 g/mol. The van der Waals surface area contributed by atoms with E-state index in [0.29, 0.717) is 13.1 Å². The lowest BCUT2D eigenvalue weighted by Crippen LogP contribution is -2.48. The maximum absolute atomic E-state index is 12.3. The minimum absolute atomic E-state index is 0.00456. The van der Waals surface area contributed by atoms with E-state index in [1.54, 1.807) is 23.1 Å². The number of rotatable bonds is 5. The molecule has 7 heteroatoms. The van der Waals surface area contributed by atoms with Crippen LogP contribution in [-0.4, -0.2) is 51.1 Å². The van der Waals surface area contributed by atoms with Gasteiger partial charge in [0, 0.05) is 26.1 Å². The van der Waals surface area contributed by atoms with E-state index in [4.69, 9.17) is 4.74 Å². The third-order valence-corrected chi connectivity index (χ3v) is 5.65. The Morgan fingerprint density at radius 3 is 2.42 bits per heavy atom. The molecule has 1 aromatic rings. The van der Waals surface area contributed by atoms with Crippen LogP contribution in [0, 0.1) is 13.8 Å². The summed E-state index contributed by atoms with van der Waals surface area (Å²) >= 11 is 0. The summed E-state index contributed by atoms with van der Waals surface area (Å²) in [6.45, 7) is 8.85. The number of nitrogens with one attached hydrogen (secondary N) is 1. The zero-order chi connectivity index (χ0) is 17.9. The normalized spacial score (nSPS) is 21.8. The van der Waals surface area contributed by atoms with Gasteiger partial charge in [0.2, 0.25) is 15.9 Å². The van der Waals surface area contributed by atoms with E-state index >= 15 is 0 Å². The molecule has 2 rings (SSSR count). The first-order chi connectivity index (χ1) is 11.2. The molecule has 0 saturated carbocycles. The Morgan fingerprint density at radius 1 is 1.21 bits per heavy atom. The third-order valence-electron chi connectivity index (χ3n) is 4.19. The average molecular weight is 354 g/mol. The highest BCUT2D eigenvalue weighted by Gasteiger charge is 2.25. The minimum atomic E-state index is -3.59. The Morgan fingerprint density at radius 2 is 1.83 bits per heavy atom. The lowest BCUT2D eigenvalue weighted by atomic mass is 10.1. The molecule has 1 aliphatic heterocycles. The van der Waals surface area contributed by atoms with Crippen molar-refractivity contribution in [2.24, 2.45) is 0 Å². The molecule has 1 amide bonds. The van der Waals surface area contributed by atoms with Gasteiger partial charge in [0.25, 0.3) is 0 Å². The number of carbonyl (C=O) groups is 1. The first kappa shape index (κ1) is 18.9. The third kappa shape index (κ3) is 4.78. The van der Waals surface area contributed by atoms with Crippen LogP contribution in [0.5, 0.6) is 0 Å². The maximum Gasteiger partial charge on any atom is 0.240 e. The molecule has 0 unspecified atom stereocenters. The van der Waals surface area contributed by atoms with E-state index in [1.807, 2.05) is 27.7 Å². The second-order valence-electron chi connectivity index (χ2n) is 6.45. The Bertz CT molecular complexity index is 693.